The summed E-state index contributed by atoms with van der Waals surface area (Å²) in [5, 5.41) is 4.95. The Bertz CT molecular complexity index is 3590. The van der Waals surface area contributed by atoms with Gasteiger partial charge in [-0.25, -0.2) is 9.97 Å². The van der Waals surface area contributed by atoms with Gasteiger partial charge in [-0.2, -0.15) is 0 Å². The smallest absolute Gasteiger partial charge is 0.0900 e. The third-order valence-electron chi connectivity index (χ3n) is 14.7. The summed E-state index contributed by atoms with van der Waals surface area (Å²) in [6.45, 7) is 14.3. The maximum absolute atomic E-state index is 5.35. The lowest BCUT2D eigenvalue weighted by Crippen LogP contribution is -2.17. The van der Waals surface area contributed by atoms with Crippen molar-refractivity contribution in [3.8, 4) is 90.1 Å². The largest absolute Gasteiger partial charge is 0.255 e. The summed E-state index contributed by atoms with van der Waals surface area (Å²) >= 11 is 0. The Labute approximate surface area is 420 Å². The number of nitrogens with zero attached hydrogens (tertiary/aromatic N) is 6. The molecule has 2 aliphatic carbocycles. The molecule has 11 aromatic rings. The van der Waals surface area contributed by atoms with Crippen molar-refractivity contribution in [3.05, 3.63) is 216 Å². The van der Waals surface area contributed by atoms with E-state index in [-0.39, 0.29) is 10.8 Å². The van der Waals surface area contributed by atoms with E-state index < -0.39 is 0 Å². The summed E-state index contributed by atoms with van der Waals surface area (Å²) in [5.74, 6) is 0. The van der Waals surface area contributed by atoms with Crippen LogP contribution in [0.1, 0.15) is 74.9 Å². The Morgan fingerprint density at radius 3 is 0.958 bits per heavy atom. The second kappa shape index (κ2) is 16.6. The van der Waals surface area contributed by atoms with E-state index in [1.165, 1.54) is 88.3 Å². The highest BCUT2D eigenvalue weighted by Gasteiger charge is 2.37. The third-order valence-corrected chi connectivity index (χ3v) is 14.7. The van der Waals surface area contributed by atoms with Crippen LogP contribution in [0.3, 0.4) is 0 Å². The normalized spacial score (nSPS) is 12.8. The van der Waals surface area contributed by atoms with Crippen molar-refractivity contribution in [2.75, 3.05) is 0 Å². The first kappa shape index (κ1) is 43.5. The topological polar surface area (TPSA) is 77.3 Å². The Morgan fingerprint density at radius 2 is 0.653 bits per heavy atom. The monoisotopic (exact) mass is 928 g/mol. The first-order valence-corrected chi connectivity index (χ1v) is 25.0. The molecule has 6 aromatic heterocycles. The fourth-order valence-electron chi connectivity index (χ4n) is 12.1. The van der Waals surface area contributed by atoms with E-state index in [0.717, 1.165) is 69.5 Å². The van der Waals surface area contributed by atoms with Crippen molar-refractivity contribution < 1.29 is 0 Å². The molecule has 72 heavy (non-hydrogen) atoms. The molecule has 0 N–H and O–H groups in total. The molecule has 0 fully saturated rings. The number of rotatable bonds is 6. The average molecular weight is 929 g/mol. The van der Waals surface area contributed by atoms with Gasteiger partial charge in [0.15, 0.2) is 0 Å². The summed E-state index contributed by atoms with van der Waals surface area (Å²) in [6.07, 6.45) is 9.09. The van der Waals surface area contributed by atoms with Crippen LogP contribution in [-0.4, -0.2) is 29.9 Å². The highest BCUT2D eigenvalue weighted by atomic mass is 14.8. The molecule has 0 saturated heterocycles. The molecular formula is C66H52N6. The molecule has 6 heteroatoms. The van der Waals surface area contributed by atoms with Crippen LogP contribution in [0.15, 0.2) is 183 Å². The van der Waals surface area contributed by atoms with E-state index in [1.807, 2.05) is 73.3 Å². The zero-order valence-electron chi connectivity index (χ0n) is 41.4. The van der Waals surface area contributed by atoms with E-state index in [2.05, 4.69) is 151 Å². The van der Waals surface area contributed by atoms with Gasteiger partial charge in [-0.05, 0) is 196 Å². The SMILES string of the molecule is CC(C)(C)c1c2c(c(-c3cc(-c4ccccn4)nc(-c4ccccn4)c3)c3c1ccc1c(C(C)(C)C)c4c(c(-c5cc(-c6ccccn6)nc(-c6ccccn6)c5)c13)-c1ccccc1C4)-c1ccccc1C2. The fraction of sp³-hybridized carbons (Fsp3) is 0.152. The molecule has 6 heterocycles. The van der Waals surface area contributed by atoms with Gasteiger partial charge in [0.2, 0.25) is 0 Å². The maximum atomic E-state index is 5.35. The number of aromatic nitrogens is 6. The van der Waals surface area contributed by atoms with Gasteiger partial charge in [0.05, 0.1) is 45.6 Å². The lowest BCUT2D eigenvalue weighted by Gasteiger charge is -2.32. The molecule has 2 aliphatic rings. The second-order valence-electron chi connectivity index (χ2n) is 21.4. The molecule has 0 atom stereocenters. The van der Waals surface area contributed by atoms with Gasteiger partial charge < -0.3 is 0 Å². The van der Waals surface area contributed by atoms with Crippen LogP contribution in [0.25, 0.3) is 112 Å². The summed E-state index contributed by atoms with van der Waals surface area (Å²) in [5.41, 5.74) is 23.7. The number of hydrogen-bond acceptors (Lipinski definition) is 6. The van der Waals surface area contributed by atoms with E-state index in [0.29, 0.717) is 0 Å². The van der Waals surface area contributed by atoms with Crippen molar-refractivity contribution in [2.24, 2.45) is 0 Å². The number of pyridine rings is 6. The summed E-state index contributed by atoms with van der Waals surface area (Å²) in [7, 11) is 0. The Kier molecular flexibility index (Phi) is 10.0. The highest BCUT2D eigenvalue weighted by molar-refractivity contribution is 6.27. The average Bonchev–Trinajstić information content (AvgIpc) is 3.98. The molecule has 6 nitrogen and oxygen atoms in total. The minimum atomic E-state index is -0.224. The van der Waals surface area contributed by atoms with Crippen LogP contribution in [0, 0.1) is 0 Å². The standard InChI is InChI=1S/C66H52N6/c1-65(2,3)63-45-27-28-46-62(61(45)57(59-43-21-9-7-19-39(43)33-47(59)63)41-35-53(49-23-11-15-29-67-49)71-54(36-41)50-24-12-16-30-68-50)58(60-44-22-10-8-20-40(44)34-48(60)64(46)66(4,5)6)42-37-55(51-25-13-17-31-69-51)72-56(38-42)52-26-14-18-32-70-52/h7-32,35-38H,33-34H2,1-6H3. The number of fused-ring (bicyclic) bond motifs is 9. The van der Waals surface area contributed by atoms with Crippen molar-refractivity contribution in [3.63, 3.8) is 0 Å². The van der Waals surface area contributed by atoms with E-state index in [1.54, 1.807) is 0 Å². The minimum Gasteiger partial charge on any atom is -0.255 e. The molecule has 0 amide bonds. The van der Waals surface area contributed by atoms with Gasteiger partial charge in [-0.3, -0.25) is 19.9 Å². The molecule has 346 valence electrons. The quantitative estimate of drug-likeness (QED) is 0.155. The van der Waals surface area contributed by atoms with E-state index in [9.17, 15) is 0 Å². The van der Waals surface area contributed by atoms with Crippen LogP contribution in [-0.2, 0) is 23.7 Å². The van der Waals surface area contributed by atoms with Crippen molar-refractivity contribution in [1.29, 1.82) is 0 Å². The first-order chi connectivity index (χ1) is 35.0. The molecular weight excluding hydrogens is 877 g/mol. The van der Waals surface area contributed by atoms with Gasteiger partial charge in [0.1, 0.15) is 0 Å². The van der Waals surface area contributed by atoms with Gasteiger partial charge in [-0.1, -0.05) is 126 Å². The highest BCUT2D eigenvalue weighted by Crippen LogP contribution is 2.58. The summed E-state index contributed by atoms with van der Waals surface area (Å²) < 4.78 is 0. The summed E-state index contributed by atoms with van der Waals surface area (Å²) in [4.78, 5) is 30.3. The Balaban J connectivity index is 1.31. The molecule has 13 rings (SSSR count). The summed E-state index contributed by atoms with van der Waals surface area (Å²) in [6, 6.07) is 56.4. The zero-order chi connectivity index (χ0) is 48.9. The van der Waals surface area contributed by atoms with Gasteiger partial charge in [-0.15, -0.1) is 0 Å². The van der Waals surface area contributed by atoms with E-state index in [4.69, 9.17) is 29.9 Å². The van der Waals surface area contributed by atoms with Crippen molar-refractivity contribution in [1.82, 2.24) is 29.9 Å². The number of hydrogen-bond donors (Lipinski definition) is 0. The molecule has 5 aromatic carbocycles. The van der Waals surface area contributed by atoms with Crippen LogP contribution < -0.4 is 0 Å². The lowest BCUT2D eigenvalue weighted by atomic mass is 9.71. The molecule has 0 saturated carbocycles. The Morgan fingerprint density at radius 1 is 0.333 bits per heavy atom. The predicted octanol–water partition coefficient (Wildman–Crippen LogP) is 16.1. The minimum absolute atomic E-state index is 0.224. The predicted molar refractivity (Wildman–Crippen MR) is 295 cm³/mol. The van der Waals surface area contributed by atoms with Crippen molar-refractivity contribution >= 4 is 21.5 Å². The molecule has 0 aliphatic heterocycles. The molecule has 0 unspecified atom stereocenters. The zero-order valence-corrected chi connectivity index (χ0v) is 41.4. The Hall–Kier alpha value is -8.48. The van der Waals surface area contributed by atoms with Crippen LogP contribution in [0.5, 0.6) is 0 Å². The fourth-order valence-corrected chi connectivity index (χ4v) is 12.1. The molecule has 0 spiro atoms. The van der Waals surface area contributed by atoms with Crippen LogP contribution >= 0.6 is 0 Å². The lowest BCUT2D eigenvalue weighted by molar-refractivity contribution is 0.590. The first-order valence-electron chi connectivity index (χ1n) is 25.0. The van der Waals surface area contributed by atoms with Crippen molar-refractivity contribution in [2.45, 2.75) is 65.2 Å². The third kappa shape index (κ3) is 7.07. The van der Waals surface area contributed by atoms with E-state index >= 15 is 0 Å². The van der Waals surface area contributed by atoms with Crippen LogP contribution in [0.2, 0.25) is 0 Å². The molecule has 0 radical (unpaired) electrons. The molecule has 0 bridgehead atoms. The second-order valence-corrected chi connectivity index (χ2v) is 21.4. The van der Waals surface area contributed by atoms with Gasteiger partial charge >= 0.3 is 0 Å². The number of benzene rings is 5. The van der Waals surface area contributed by atoms with Crippen LogP contribution in [0.4, 0.5) is 0 Å². The van der Waals surface area contributed by atoms with Gasteiger partial charge in [0, 0.05) is 24.8 Å². The maximum Gasteiger partial charge on any atom is 0.0900 e. The van der Waals surface area contributed by atoms with Gasteiger partial charge in [0.25, 0.3) is 0 Å².